The summed E-state index contributed by atoms with van der Waals surface area (Å²) in [6.45, 7) is 5.76. The molecule has 4 atom stereocenters. The zero-order valence-electron chi connectivity index (χ0n) is 24.9. The van der Waals surface area contributed by atoms with Crippen molar-refractivity contribution in [1.82, 2.24) is 10.2 Å². The molecule has 9 nitrogen and oxygen atoms in total. The number of ether oxygens (including phenoxy) is 4. The predicted octanol–water partition coefficient (Wildman–Crippen LogP) is 4.04. The number of nitrogens with one attached hydrogen (secondary N) is 1. The predicted molar refractivity (Wildman–Crippen MR) is 160 cm³/mol. The quantitative estimate of drug-likeness (QED) is 0.224. The molecule has 0 spiro atoms. The van der Waals surface area contributed by atoms with E-state index in [-0.39, 0.29) is 26.4 Å². The molecule has 1 aliphatic rings. The van der Waals surface area contributed by atoms with Gasteiger partial charge in [-0.1, -0.05) is 91.0 Å². The van der Waals surface area contributed by atoms with Crippen LogP contribution >= 0.6 is 0 Å². The summed E-state index contributed by atoms with van der Waals surface area (Å²) in [7, 11) is 0. The number of rotatable bonds is 14. The first-order valence-electron chi connectivity index (χ1n) is 14.4. The highest BCUT2D eigenvalue weighted by Gasteiger charge is 2.53. The number of likely N-dealkylation sites (tertiary alicyclic amines) is 1. The van der Waals surface area contributed by atoms with Crippen molar-refractivity contribution >= 4 is 18.3 Å². The van der Waals surface area contributed by atoms with Gasteiger partial charge in [-0.2, -0.15) is 0 Å². The van der Waals surface area contributed by atoms with Crippen LogP contribution in [0.15, 0.2) is 91.0 Å². The van der Waals surface area contributed by atoms with Crippen molar-refractivity contribution in [2.45, 2.75) is 70.5 Å². The SMILES string of the molecule is CC(C)(C)OC(=O)CNC(=O)[C@H]1[C@@H](OCc2ccccc2)[C@@H](OCc2ccccc2)[C@@H](COCc2ccccc2)N1C=O. The van der Waals surface area contributed by atoms with E-state index in [0.29, 0.717) is 13.0 Å². The van der Waals surface area contributed by atoms with Gasteiger partial charge in [-0.3, -0.25) is 14.4 Å². The highest BCUT2D eigenvalue weighted by Crippen LogP contribution is 2.31. The number of benzene rings is 3. The first-order chi connectivity index (χ1) is 20.7. The molecule has 0 aliphatic carbocycles. The number of hydrogen-bond acceptors (Lipinski definition) is 7. The zero-order chi connectivity index (χ0) is 30.7. The number of hydrogen-bond donors (Lipinski definition) is 1. The Labute approximate surface area is 253 Å². The van der Waals surface area contributed by atoms with E-state index < -0.39 is 41.8 Å². The van der Waals surface area contributed by atoms with E-state index in [0.717, 1.165) is 16.7 Å². The Morgan fingerprint density at radius 3 is 1.74 bits per heavy atom. The molecule has 1 aliphatic heterocycles. The van der Waals surface area contributed by atoms with Gasteiger partial charge in [0.25, 0.3) is 0 Å². The van der Waals surface area contributed by atoms with E-state index in [4.69, 9.17) is 18.9 Å². The van der Waals surface area contributed by atoms with Gasteiger partial charge in [0.05, 0.1) is 32.5 Å². The van der Waals surface area contributed by atoms with Gasteiger partial charge in [-0.25, -0.2) is 0 Å². The molecule has 0 radical (unpaired) electrons. The van der Waals surface area contributed by atoms with Crippen LogP contribution in [-0.2, 0) is 53.2 Å². The summed E-state index contributed by atoms with van der Waals surface area (Å²) in [5, 5.41) is 2.65. The summed E-state index contributed by atoms with van der Waals surface area (Å²) < 4.78 is 24.2. The molecule has 228 valence electrons. The lowest BCUT2D eigenvalue weighted by Gasteiger charge is -2.27. The second-order valence-corrected chi connectivity index (χ2v) is 11.4. The molecule has 2 amide bonds. The first kappa shape index (κ1) is 31.9. The van der Waals surface area contributed by atoms with Crippen molar-refractivity contribution in [2.75, 3.05) is 13.2 Å². The smallest absolute Gasteiger partial charge is 0.325 e. The van der Waals surface area contributed by atoms with Crippen molar-refractivity contribution in [3.05, 3.63) is 108 Å². The molecule has 43 heavy (non-hydrogen) atoms. The standard InChI is InChI=1S/C34H40N2O7/c1-34(2,3)43-29(38)19-35-33(39)30-32(42-22-27-17-11-6-12-18-27)31(41-21-26-15-9-5-10-16-26)28(36(30)24-37)23-40-20-25-13-7-4-8-14-25/h4-18,24,28,30-32H,19-23H2,1-3H3,(H,35,39)/t28-,30-,31+,32-/m1/s1. The lowest BCUT2D eigenvalue weighted by atomic mass is 10.1. The van der Waals surface area contributed by atoms with E-state index in [1.165, 1.54) is 4.90 Å². The molecule has 1 saturated heterocycles. The van der Waals surface area contributed by atoms with Gasteiger partial charge in [0.15, 0.2) is 0 Å². The van der Waals surface area contributed by atoms with Gasteiger partial charge in [0.1, 0.15) is 30.4 Å². The summed E-state index contributed by atoms with van der Waals surface area (Å²) in [6.07, 6.45) is -0.931. The van der Waals surface area contributed by atoms with E-state index in [1.54, 1.807) is 20.8 Å². The van der Waals surface area contributed by atoms with E-state index in [2.05, 4.69) is 5.32 Å². The highest BCUT2D eigenvalue weighted by atomic mass is 16.6. The normalized spacial score (nSPS) is 20.0. The fourth-order valence-corrected chi connectivity index (χ4v) is 4.99. The minimum absolute atomic E-state index is 0.105. The maximum atomic E-state index is 13.7. The van der Waals surface area contributed by atoms with Crippen molar-refractivity contribution in [1.29, 1.82) is 0 Å². The Hall–Kier alpha value is -4.05. The van der Waals surface area contributed by atoms with Crippen LogP contribution in [0.5, 0.6) is 0 Å². The van der Waals surface area contributed by atoms with Crippen LogP contribution < -0.4 is 5.32 Å². The molecular formula is C34H40N2O7. The van der Waals surface area contributed by atoms with E-state index in [1.807, 2.05) is 91.0 Å². The third-order valence-electron chi connectivity index (χ3n) is 6.91. The summed E-state index contributed by atoms with van der Waals surface area (Å²) in [4.78, 5) is 40.1. The van der Waals surface area contributed by atoms with E-state index in [9.17, 15) is 14.4 Å². The fourth-order valence-electron chi connectivity index (χ4n) is 4.99. The molecule has 0 bridgehead atoms. The van der Waals surface area contributed by atoms with Crippen LogP contribution in [-0.4, -0.2) is 66.2 Å². The Balaban J connectivity index is 1.59. The third kappa shape index (κ3) is 9.47. The third-order valence-corrected chi connectivity index (χ3v) is 6.91. The minimum atomic E-state index is -1.07. The average molecular weight is 589 g/mol. The Kier molecular flexibility index (Phi) is 11.4. The molecule has 9 heteroatoms. The largest absolute Gasteiger partial charge is 0.459 e. The molecule has 4 rings (SSSR count). The second kappa shape index (κ2) is 15.4. The van der Waals surface area contributed by atoms with Crippen molar-refractivity contribution in [3.63, 3.8) is 0 Å². The van der Waals surface area contributed by atoms with Crippen LogP contribution in [0.2, 0.25) is 0 Å². The first-order valence-corrected chi connectivity index (χ1v) is 14.4. The number of amides is 2. The summed E-state index contributed by atoms with van der Waals surface area (Å²) in [5.41, 5.74) is 2.11. The lowest BCUT2D eigenvalue weighted by molar-refractivity contribution is -0.155. The molecule has 3 aromatic carbocycles. The fraction of sp³-hybridized carbons (Fsp3) is 0.382. The van der Waals surface area contributed by atoms with Gasteiger partial charge in [-0.05, 0) is 37.5 Å². The molecular weight excluding hydrogens is 548 g/mol. The highest BCUT2D eigenvalue weighted by molar-refractivity contribution is 5.88. The van der Waals surface area contributed by atoms with Gasteiger partial charge in [-0.15, -0.1) is 0 Å². The van der Waals surface area contributed by atoms with Crippen molar-refractivity contribution in [2.24, 2.45) is 0 Å². The molecule has 0 unspecified atom stereocenters. The van der Waals surface area contributed by atoms with Gasteiger partial charge < -0.3 is 29.2 Å². The van der Waals surface area contributed by atoms with E-state index >= 15 is 0 Å². The second-order valence-electron chi connectivity index (χ2n) is 11.4. The van der Waals surface area contributed by atoms with Crippen LogP contribution in [0, 0.1) is 0 Å². The zero-order valence-corrected chi connectivity index (χ0v) is 24.9. The van der Waals surface area contributed by atoms with Gasteiger partial charge in [0.2, 0.25) is 12.3 Å². The minimum Gasteiger partial charge on any atom is -0.459 e. The monoisotopic (exact) mass is 588 g/mol. The molecule has 1 N–H and O–H groups in total. The molecule has 3 aromatic rings. The van der Waals surface area contributed by atoms with Crippen molar-refractivity contribution < 1.29 is 33.3 Å². The molecule has 1 heterocycles. The molecule has 0 aromatic heterocycles. The Morgan fingerprint density at radius 2 is 1.26 bits per heavy atom. The topological polar surface area (TPSA) is 103 Å². The Bertz CT molecular complexity index is 1300. The summed E-state index contributed by atoms with van der Waals surface area (Å²) in [5.74, 6) is -1.13. The summed E-state index contributed by atoms with van der Waals surface area (Å²) in [6, 6.07) is 27.2. The lowest BCUT2D eigenvalue weighted by Crippen LogP contribution is -2.51. The number of esters is 1. The number of carbonyl (C=O) groups excluding carboxylic acids is 3. The average Bonchev–Trinajstić information content (AvgIpc) is 3.30. The van der Waals surface area contributed by atoms with Crippen LogP contribution in [0.3, 0.4) is 0 Å². The van der Waals surface area contributed by atoms with Gasteiger partial charge in [0, 0.05) is 0 Å². The van der Waals surface area contributed by atoms with Crippen molar-refractivity contribution in [3.8, 4) is 0 Å². The van der Waals surface area contributed by atoms with Crippen LogP contribution in [0.25, 0.3) is 0 Å². The molecule has 1 fully saturated rings. The number of nitrogens with zero attached hydrogens (tertiary/aromatic N) is 1. The summed E-state index contributed by atoms with van der Waals surface area (Å²) >= 11 is 0. The maximum Gasteiger partial charge on any atom is 0.325 e. The van der Waals surface area contributed by atoms with Crippen LogP contribution in [0.1, 0.15) is 37.5 Å². The number of carbonyl (C=O) groups is 3. The maximum absolute atomic E-state index is 13.7. The van der Waals surface area contributed by atoms with Crippen LogP contribution in [0.4, 0.5) is 0 Å². The molecule has 0 saturated carbocycles. The van der Waals surface area contributed by atoms with Gasteiger partial charge >= 0.3 is 5.97 Å². The Morgan fingerprint density at radius 1 is 0.767 bits per heavy atom.